The van der Waals surface area contributed by atoms with Crippen LogP contribution in [-0.2, 0) is 4.79 Å². The highest BCUT2D eigenvalue weighted by atomic mass is 16.3. The van der Waals surface area contributed by atoms with Gasteiger partial charge in [0.25, 0.3) is 0 Å². The van der Waals surface area contributed by atoms with Crippen LogP contribution in [0.25, 0.3) is 0 Å². The van der Waals surface area contributed by atoms with Gasteiger partial charge in [-0.1, -0.05) is 45.9 Å². The van der Waals surface area contributed by atoms with E-state index in [0.717, 1.165) is 24.9 Å². The fourth-order valence-corrected chi connectivity index (χ4v) is 8.67. The lowest BCUT2D eigenvalue weighted by molar-refractivity contribution is -0.164. The summed E-state index contributed by atoms with van der Waals surface area (Å²) in [6, 6.07) is 8.92. The second kappa shape index (κ2) is 5.62. The first-order valence-electron chi connectivity index (χ1n) is 11.2. The van der Waals surface area contributed by atoms with E-state index in [1.54, 1.807) is 6.92 Å². The summed E-state index contributed by atoms with van der Waals surface area (Å²) in [5.41, 5.74) is 3.00. The third-order valence-corrected chi connectivity index (χ3v) is 9.85. The van der Waals surface area contributed by atoms with Gasteiger partial charge in [-0.05, 0) is 71.8 Å². The zero-order chi connectivity index (χ0) is 20.1. The van der Waals surface area contributed by atoms with Gasteiger partial charge < -0.3 is 10.0 Å². The summed E-state index contributed by atoms with van der Waals surface area (Å²) in [5, 5.41) is 10.7. The fourth-order valence-electron chi connectivity index (χ4n) is 8.67. The molecule has 7 atom stereocenters. The number of nitrogens with zero attached hydrogens (tertiary/aromatic N) is 1. The van der Waals surface area contributed by atoms with Gasteiger partial charge in [0.15, 0.2) is 0 Å². The van der Waals surface area contributed by atoms with Crippen LogP contribution in [0, 0.1) is 28.1 Å². The number of para-hydroxylation sites is 1. The van der Waals surface area contributed by atoms with Crippen LogP contribution < -0.4 is 4.90 Å². The monoisotopic (exact) mass is 381 g/mol. The van der Waals surface area contributed by atoms with E-state index in [1.807, 2.05) is 0 Å². The Morgan fingerprint density at radius 1 is 1.04 bits per heavy atom. The minimum Gasteiger partial charge on any atom is -0.393 e. The van der Waals surface area contributed by atoms with E-state index in [-0.39, 0.29) is 28.3 Å². The highest BCUT2D eigenvalue weighted by Gasteiger charge is 2.68. The Morgan fingerprint density at radius 3 is 2.43 bits per heavy atom. The summed E-state index contributed by atoms with van der Waals surface area (Å²) >= 11 is 0. The smallest absolute Gasteiger partial charge is 0.224 e. The third kappa shape index (κ3) is 2.07. The van der Waals surface area contributed by atoms with Crippen LogP contribution in [0.5, 0.6) is 0 Å². The van der Waals surface area contributed by atoms with Gasteiger partial charge in [0.2, 0.25) is 5.91 Å². The SMILES string of the molecule is CC(=O)N1c2ccccc2C2C1CC1C2(C)CCC2C(C)(C)C(O)CCC21C. The van der Waals surface area contributed by atoms with Crippen LogP contribution in [0.3, 0.4) is 0 Å². The molecule has 3 fully saturated rings. The van der Waals surface area contributed by atoms with E-state index in [2.05, 4.69) is 56.9 Å². The summed E-state index contributed by atoms with van der Waals surface area (Å²) in [6.45, 7) is 11.3. The molecular weight excluding hydrogens is 346 g/mol. The van der Waals surface area contributed by atoms with Gasteiger partial charge in [-0.2, -0.15) is 0 Å². The molecular formula is C25H35NO2. The number of fused-ring (bicyclic) bond motifs is 7. The molecule has 28 heavy (non-hydrogen) atoms. The number of anilines is 1. The Labute approximate surface area is 169 Å². The number of rotatable bonds is 0. The lowest BCUT2D eigenvalue weighted by atomic mass is 9.42. The molecule has 1 heterocycles. The molecule has 3 aliphatic carbocycles. The van der Waals surface area contributed by atoms with Gasteiger partial charge in [-0.25, -0.2) is 0 Å². The maximum Gasteiger partial charge on any atom is 0.224 e. The highest BCUT2D eigenvalue weighted by Crippen LogP contribution is 2.73. The van der Waals surface area contributed by atoms with E-state index in [1.165, 1.54) is 18.4 Å². The molecule has 0 aromatic heterocycles. The maximum absolute atomic E-state index is 12.7. The molecule has 0 saturated heterocycles. The first-order chi connectivity index (χ1) is 13.1. The molecule has 1 aromatic carbocycles. The summed E-state index contributed by atoms with van der Waals surface area (Å²) in [6.07, 6.45) is 5.34. The van der Waals surface area contributed by atoms with Crippen molar-refractivity contribution in [1.29, 1.82) is 0 Å². The molecule has 0 bridgehead atoms. The van der Waals surface area contributed by atoms with Crippen molar-refractivity contribution in [2.24, 2.45) is 28.1 Å². The molecule has 5 rings (SSSR count). The molecule has 7 unspecified atom stereocenters. The van der Waals surface area contributed by atoms with Crippen molar-refractivity contribution in [3.63, 3.8) is 0 Å². The summed E-state index contributed by atoms with van der Waals surface area (Å²) in [7, 11) is 0. The van der Waals surface area contributed by atoms with Gasteiger partial charge in [-0.3, -0.25) is 4.79 Å². The van der Waals surface area contributed by atoms with Crippen molar-refractivity contribution in [3.05, 3.63) is 29.8 Å². The van der Waals surface area contributed by atoms with Gasteiger partial charge >= 0.3 is 0 Å². The number of carbonyl (C=O) groups excluding carboxylic acids is 1. The number of aliphatic hydroxyl groups excluding tert-OH is 1. The molecule has 1 aliphatic heterocycles. The number of aliphatic hydroxyl groups is 1. The van der Waals surface area contributed by atoms with Crippen LogP contribution in [0.2, 0.25) is 0 Å². The van der Waals surface area contributed by atoms with Crippen LogP contribution in [0.15, 0.2) is 24.3 Å². The van der Waals surface area contributed by atoms with Crippen molar-refractivity contribution in [2.75, 3.05) is 4.90 Å². The normalized spacial score (nSPS) is 45.8. The number of hydrogen-bond donors (Lipinski definition) is 1. The van der Waals surface area contributed by atoms with Crippen molar-refractivity contribution in [2.45, 2.75) is 84.8 Å². The van der Waals surface area contributed by atoms with E-state index in [0.29, 0.717) is 23.8 Å². The standard InChI is InChI=1S/C25H35NO2/c1-15(27)26-17-9-7-6-8-16(17)22-18(26)14-20-24(4)13-11-21(28)23(2,3)19(24)10-12-25(20,22)5/h6-9,18-22,28H,10-14H2,1-5H3. The molecule has 3 nitrogen and oxygen atoms in total. The van der Waals surface area contributed by atoms with E-state index < -0.39 is 0 Å². The number of hydrogen-bond acceptors (Lipinski definition) is 2. The van der Waals surface area contributed by atoms with Gasteiger partial charge in [0.1, 0.15) is 0 Å². The first-order valence-corrected chi connectivity index (χ1v) is 11.2. The largest absolute Gasteiger partial charge is 0.393 e. The minimum absolute atomic E-state index is 0.0236. The molecule has 4 aliphatic rings. The molecule has 1 amide bonds. The topological polar surface area (TPSA) is 40.5 Å². The molecule has 1 N–H and O–H groups in total. The highest BCUT2D eigenvalue weighted by molar-refractivity contribution is 5.95. The van der Waals surface area contributed by atoms with Crippen LogP contribution in [0.1, 0.15) is 78.2 Å². The summed E-state index contributed by atoms with van der Waals surface area (Å²) in [4.78, 5) is 14.8. The van der Waals surface area contributed by atoms with Crippen LogP contribution in [0.4, 0.5) is 5.69 Å². The number of amides is 1. The first kappa shape index (κ1) is 18.7. The lowest BCUT2D eigenvalue weighted by Gasteiger charge is -2.62. The molecule has 0 radical (unpaired) electrons. The Kier molecular flexibility index (Phi) is 3.75. The predicted molar refractivity (Wildman–Crippen MR) is 112 cm³/mol. The molecule has 3 heteroatoms. The van der Waals surface area contributed by atoms with E-state index in [4.69, 9.17) is 0 Å². The molecule has 3 saturated carbocycles. The Bertz CT molecular complexity index is 832. The summed E-state index contributed by atoms with van der Waals surface area (Å²) in [5.74, 6) is 1.80. The zero-order valence-corrected chi connectivity index (χ0v) is 18.0. The zero-order valence-electron chi connectivity index (χ0n) is 18.0. The predicted octanol–water partition coefficient (Wildman–Crippen LogP) is 5.13. The second-order valence-electron chi connectivity index (χ2n) is 11.3. The number of benzene rings is 1. The molecule has 152 valence electrons. The third-order valence-electron chi connectivity index (χ3n) is 9.85. The Morgan fingerprint density at radius 2 is 1.71 bits per heavy atom. The maximum atomic E-state index is 12.7. The molecule has 0 spiro atoms. The average Bonchev–Trinajstić information content (AvgIpc) is 3.12. The minimum atomic E-state index is -0.190. The molecule has 1 aromatic rings. The van der Waals surface area contributed by atoms with Gasteiger partial charge in [0, 0.05) is 24.6 Å². The second-order valence-corrected chi connectivity index (χ2v) is 11.3. The van der Waals surface area contributed by atoms with Crippen LogP contribution >= 0.6 is 0 Å². The van der Waals surface area contributed by atoms with Crippen molar-refractivity contribution < 1.29 is 9.90 Å². The van der Waals surface area contributed by atoms with E-state index >= 15 is 0 Å². The van der Waals surface area contributed by atoms with Crippen molar-refractivity contribution in [1.82, 2.24) is 0 Å². The van der Waals surface area contributed by atoms with Gasteiger partial charge in [-0.15, -0.1) is 0 Å². The lowest BCUT2D eigenvalue weighted by Crippen LogP contribution is -2.57. The fraction of sp³-hybridized carbons (Fsp3) is 0.720. The quantitative estimate of drug-likeness (QED) is 0.677. The van der Waals surface area contributed by atoms with Crippen LogP contribution in [-0.4, -0.2) is 23.2 Å². The van der Waals surface area contributed by atoms with Crippen molar-refractivity contribution >= 4 is 11.6 Å². The Balaban J connectivity index is 1.62. The van der Waals surface area contributed by atoms with E-state index in [9.17, 15) is 9.90 Å². The average molecular weight is 382 g/mol. The Hall–Kier alpha value is -1.35. The van der Waals surface area contributed by atoms with Gasteiger partial charge in [0.05, 0.1) is 6.10 Å². The summed E-state index contributed by atoms with van der Waals surface area (Å²) < 4.78 is 0. The number of carbonyl (C=O) groups is 1. The van der Waals surface area contributed by atoms with Crippen molar-refractivity contribution in [3.8, 4) is 0 Å².